The maximum Gasteiger partial charge on any atom is 0.281 e. The Balaban J connectivity index is 1.89. The van der Waals surface area contributed by atoms with Crippen molar-refractivity contribution in [3.8, 4) is 6.07 Å². The minimum atomic E-state index is -3.63. The van der Waals surface area contributed by atoms with Crippen molar-refractivity contribution in [1.29, 1.82) is 5.26 Å². The molecule has 2 aromatic carbocycles. The molecule has 0 saturated carbocycles. The molecule has 0 radical (unpaired) electrons. The standard InChI is InChI=1S/C23H30ClN5O4S2/c1-4-15-34(30,31)29(18-19-5-7-21(24)8-6-19)22-9-10-23(20(16-22)17-25)27-11-13-28(14-12-27)35(32,33)26(2)3/h5-10,16H,4,11-15,18H2,1-3H3. The van der Waals surface area contributed by atoms with Crippen LogP contribution in [0.3, 0.4) is 0 Å². The first kappa shape index (κ1) is 27.2. The Bertz CT molecular complexity index is 1280. The molecule has 35 heavy (non-hydrogen) atoms. The van der Waals surface area contributed by atoms with Crippen molar-refractivity contribution >= 4 is 43.2 Å². The monoisotopic (exact) mass is 539 g/mol. The van der Waals surface area contributed by atoms with Gasteiger partial charge in [0.2, 0.25) is 10.0 Å². The molecule has 0 aliphatic carbocycles. The number of anilines is 2. The van der Waals surface area contributed by atoms with Gasteiger partial charge in [0.15, 0.2) is 0 Å². The molecule has 12 heteroatoms. The van der Waals surface area contributed by atoms with E-state index in [9.17, 15) is 22.1 Å². The van der Waals surface area contributed by atoms with E-state index in [1.54, 1.807) is 49.4 Å². The van der Waals surface area contributed by atoms with Gasteiger partial charge in [-0.3, -0.25) is 4.31 Å². The molecule has 0 spiro atoms. The first-order valence-electron chi connectivity index (χ1n) is 11.2. The van der Waals surface area contributed by atoms with Crippen LogP contribution in [0.4, 0.5) is 11.4 Å². The smallest absolute Gasteiger partial charge is 0.281 e. The zero-order valence-corrected chi connectivity index (χ0v) is 22.4. The van der Waals surface area contributed by atoms with Crippen LogP contribution in [0.5, 0.6) is 0 Å². The molecular formula is C23H30ClN5O4S2. The second-order valence-electron chi connectivity index (χ2n) is 8.44. The van der Waals surface area contributed by atoms with Gasteiger partial charge in [0.05, 0.1) is 29.2 Å². The Labute approximate surface area is 213 Å². The van der Waals surface area contributed by atoms with E-state index in [1.165, 1.54) is 27.0 Å². The molecule has 0 unspecified atom stereocenters. The summed E-state index contributed by atoms with van der Waals surface area (Å²) in [5.74, 6) is -0.0213. The molecule has 0 N–H and O–H groups in total. The molecule has 190 valence electrons. The lowest BCUT2D eigenvalue weighted by molar-refractivity contribution is 0.355. The van der Waals surface area contributed by atoms with Gasteiger partial charge < -0.3 is 4.90 Å². The quantitative estimate of drug-likeness (QED) is 0.485. The fourth-order valence-electron chi connectivity index (χ4n) is 3.91. The third kappa shape index (κ3) is 6.26. The summed E-state index contributed by atoms with van der Waals surface area (Å²) >= 11 is 5.97. The van der Waals surface area contributed by atoms with Gasteiger partial charge in [-0.1, -0.05) is 30.7 Å². The molecule has 3 rings (SSSR count). The minimum absolute atomic E-state index is 0.0213. The number of halogens is 1. The fourth-order valence-corrected chi connectivity index (χ4v) is 6.64. The molecular weight excluding hydrogens is 510 g/mol. The Morgan fingerprint density at radius 2 is 1.63 bits per heavy atom. The van der Waals surface area contributed by atoms with Crippen LogP contribution in [0.1, 0.15) is 24.5 Å². The molecule has 0 atom stereocenters. The van der Waals surface area contributed by atoms with Crippen LogP contribution in [-0.4, -0.2) is 71.5 Å². The molecule has 1 aliphatic heterocycles. The Morgan fingerprint density at radius 3 is 2.17 bits per heavy atom. The predicted molar refractivity (Wildman–Crippen MR) is 139 cm³/mol. The van der Waals surface area contributed by atoms with Gasteiger partial charge in [0.25, 0.3) is 10.2 Å². The minimum Gasteiger partial charge on any atom is -0.368 e. The number of hydrogen-bond acceptors (Lipinski definition) is 6. The first-order valence-corrected chi connectivity index (χ1v) is 14.6. The number of benzene rings is 2. The van der Waals surface area contributed by atoms with E-state index in [1.807, 2.05) is 4.90 Å². The number of nitrogens with zero attached hydrogens (tertiary/aromatic N) is 5. The van der Waals surface area contributed by atoms with Gasteiger partial charge in [-0.05, 0) is 42.3 Å². The van der Waals surface area contributed by atoms with E-state index in [0.29, 0.717) is 54.6 Å². The van der Waals surface area contributed by atoms with Gasteiger partial charge in [-0.2, -0.15) is 22.3 Å². The molecule has 1 saturated heterocycles. The van der Waals surface area contributed by atoms with Gasteiger partial charge in [0.1, 0.15) is 6.07 Å². The van der Waals surface area contributed by atoms with Crippen molar-refractivity contribution in [3.05, 3.63) is 58.6 Å². The normalized spacial score (nSPS) is 15.3. The summed E-state index contributed by atoms with van der Waals surface area (Å²) in [5, 5.41) is 10.4. The van der Waals surface area contributed by atoms with Crippen LogP contribution in [0.2, 0.25) is 5.02 Å². The van der Waals surface area contributed by atoms with E-state index < -0.39 is 20.2 Å². The van der Waals surface area contributed by atoms with Crippen LogP contribution in [-0.2, 0) is 26.8 Å². The SMILES string of the molecule is CCCS(=O)(=O)N(Cc1ccc(Cl)cc1)c1ccc(N2CCN(S(=O)(=O)N(C)C)CC2)c(C#N)c1. The molecule has 0 bridgehead atoms. The van der Waals surface area contributed by atoms with Gasteiger partial charge >= 0.3 is 0 Å². The molecule has 2 aromatic rings. The summed E-state index contributed by atoms with van der Waals surface area (Å²) < 4.78 is 54.9. The summed E-state index contributed by atoms with van der Waals surface area (Å²) in [6.45, 7) is 3.34. The first-order chi connectivity index (χ1) is 16.5. The van der Waals surface area contributed by atoms with Crippen LogP contribution in [0.15, 0.2) is 42.5 Å². The highest BCUT2D eigenvalue weighted by Crippen LogP contribution is 2.30. The van der Waals surface area contributed by atoms with E-state index in [-0.39, 0.29) is 12.3 Å². The molecule has 0 aromatic heterocycles. The zero-order valence-electron chi connectivity index (χ0n) is 20.1. The van der Waals surface area contributed by atoms with Crippen molar-refractivity contribution in [3.63, 3.8) is 0 Å². The molecule has 9 nitrogen and oxygen atoms in total. The number of piperazine rings is 1. The largest absolute Gasteiger partial charge is 0.368 e. The van der Waals surface area contributed by atoms with Crippen LogP contribution >= 0.6 is 11.6 Å². The third-order valence-electron chi connectivity index (χ3n) is 5.79. The Hall–Kier alpha value is -2.36. The van der Waals surface area contributed by atoms with E-state index in [2.05, 4.69) is 6.07 Å². The van der Waals surface area contributed by atoms with E-state index in [4.69, 9.17) is 11.6 Å². The van der Waals surface area contributed by atoms with Crippen LogP contribution in [0.25, 0.3) is 0 Å². The third-order valence-corrected chi connectivity index (χ3v) is 9.92. The maximum atomic E-state index is 13.1. The van der Waals surface area contributed by atoms with Crippen molar-refractivity contribution in [2.24, 2.45) is 0 Å². The summed E-state index contributed by atoms with van der Waals surface area (Å²) in [5.41, 5.74) is 2.16. The predicted octanol–water partition coefficient (Wildman–Crippen LogP) is 2.89. The van der Waals surface area contributed by atoms with Crippen molar-refractivity contribution in [1.82, 2.24) is 8.61 Å². The second kappa shape index (κ2) is 11.1. The summed E-state index contributed by atoms with van der Waals surface area (Å²) in [7, 11) is -4.14. The Morgan fingerprint density at radius 1 is 1.00 bits per heavy atom. The lowest BCUT2D eigenvalue weighted by Crippen LogP contribution is -2.51. The van der Waals surface area contributed by atoms with Crippen LogP contribution in [0, 0.1) is 11.3 Å². The van der Waals surface area contributed by atoms with E-state index >= 15 is 0 Å². The van der Waals surface area contributed by atoms with Crippen molar-refractivity contribution in [2.45, 2.75) is 19.9 Å². The average molecular weight is 540 g/mol. The average Bonchev–Trinajstić information content (AvgIpc) is 2.83. The van der Waals surface area contributed by atoms with Gasteiger partial charge in [0, 0.05) is 45.3 Å². The number of sulfonamides is 1. The highest BCUT2D eigenvalue weighted by atomic mass is 35.5. The van der Waals surface area contributed by atoms with Crippen LogP contribution < -0.4 is 9.21 Å². The highest BCUT2D eigenvalue weighted by Gasteiger charge is 2.30. The summed E-state index contributed by atoms with van der Waals surface area (Å²) in [4.78, 5) is 1.95. The summed E-state index contributed by atoms with van der Waals surface area (Å²) in [6.07, 6.45) is 0.461. The Kier molecular flexibility index (Phi) is 8.67. The summed E-state index contributed by atoms with van der Waals surface area (Å²) in [6, 6.07) is 14.2. The molecule has 0 amide bonds. The molecule has 1 heterocycles. The fraction of sp³-hybridized carbons (Fsp3) is 0.435. The lowest BCUT2D eigenvalue weighted by Gasteiger charge is -2.37. The number of rotatable bonds is 9. The van der Waals surface area contributed by atoms with Crippen molar-refractivity contribution in [2.75, 3.05) is 55.2 Å². The van der Waals surface area contributed by atoms with Crippen molar-refractivity contribution < 1.29 is 16.8 Å². The highest BCUT2D eigenvalue weighted by molar-refractivity contribution is 7.92. The molecule has 1 aliphatic rings. The van der Waals surface area contributed by atoms with E-state index in [0.717, 1.165) is 5.56 Å². The maximum absolute atomic E-state index is 13.1. The number of hydrogen-bond donors (Lipinski definition) is 0. The lowest BCUT2D eigenvalue weighted by atomic mass is 10.1. The van der Waals surface area contributed by atoms with Gasteiger partial charge in [-0.25, -0.2) is 8.42 Å². The molecule has 1 fully saturated rings. The van der Waals surface area contributed by atoms with Gasteiger partial charge in [-0.15, -0.1) is 0 Å². The topological polar surface area (TPSA) is 105 Å². The number of nitriles is 1. The zero-order chi connectivity index (χ0) is 25.8. The second-order valence-corrected chi connectivity index (χ2v) is 13.0.